The minimum atomic E-state index is -0.489. The average molecular weight is 473 g/mol. The maximum atomic E-state index is 14.1. The minimum absolute atomic E-state index is 0.151. The lowest BCUT2D eigenvalue weighted by atomic mass is 9.82. The van der Waals surface area contributed by atoms with Crippen LogP contribution in [0.4, 0.5) is 25.0 Å². The van der Waals surface area contributed by atoms with Gasteiger partial charge in [-0.05, 0) is 61.4 Å². The van der Waals surface area contributed by atoms with E-state index in [1.165, 1.54) is 24.3 Å². The number of anilines is 2. The molecule has 0 atom stereocenters. The highest BCUT2D eigenvalue weighted by molar-refractivity contribution is 9.10. The summed E-state index contributed by atoms with van der Waals surface area (Å²) in [7, 11) is 0. The fourth-order valence-corrected chi connectivity index (χ4v) is 4.71. The highest BCUT2D eigenvalue weighted by Gasteiger charge is 2.42. The van der Waals surface area contributed by atoms with E-state index < -0.39 is 5.82 Å². The number of carbonyl (C=O) groups is 1. The van der Waals surface area contributed by atoms with E-state index >= 15 is 0 Å². The van der Waals surface area contributed by atoms with Crippen LogP contribution in [0.5, 0.6) is 0 Å². The van der Waals surface area contributed by atoms with Gasteiger partial charge in [0.2, 0.25) is 0 Å². The number of urea groups is 1. The van der Waals surface area contributed by atoms with Gasteiger partial charge in [0.25, 0.3) is 0 Å². The van der Waals surface area contributed by atoms with Gasteiger partial charge in [-0.15, -0.1) is 0 Å². The summed E-state index contributed by atoms with van der Waals surface area (Å²) in [5.74, 6) is -0.781. The van der Waals surface area contributed by atoms with Gasteiger partial charge in [-0.1, -0.05) is 15.9 Å². The third-order valence-corrected chi connectivity index (χ3v) is 6.40. The van der Waals surface area contributed by atoms with Crippen LogP contribution in [0.1, 0.15) is 18.5 Å². The predicted molar refractivity (Wildman–Crippen MR) is 115 cm³/mol. The number of hydrogen-bond acceptors (Lipinski definition) is 2. The molecule has 1 aromatic heterocycles. The number of hydrogen-bond donors (Lipinski definition) is 2. The highest BCUT2D eigenvalue weighted by atomic mass is 79.9. The first-order valence-electron chi connectivity index (χ1n) is 9.72. The molecule has 3 aromatic rings. The van der Waals surface area contributed by atoms with Crippen LogP contribution in [0.25, 0.3) is 5.69 Å². The molecule has 2 aromatic carbocycles. The van der Waals surface area contributed by atoms with Crippen LogP contribution in [0.3, 0.4) is 0 Å². The first-order chi connectivity index (χ1) is 14.4. The third-order valence-electron chi connectivity index (χ3n) is 5.91. The molecule has 3 heterocycles. The molecule has 0 unspecified atom stereocenters. The molecule has 0 radical (unpaired) electrons. The van der Waals surface area contributed by atoms with Crippen molar-refractivity contribution in [2.24, 2.45) is 0 Å². The molecule has 1 spiro atoms. The molecule has 30 heavy (non-hydrogen) atoms. The van der Waals surface area contributed by atoms with Crippen LogP contribution in [-0.2, 0) is 5.54 Å². The zero-order chi connectivity index (χ0) is 20.9. The van der Waals surface area contributed by atoms with Gasteiger partial charge in [-0.25, -0.2) is 13.6 Å². The van der Waals surface area contributed by atoms with Crippen LogP contribution in [0, 0.1) is 11.6 Å². The number of likely N-dealkylation sites (tertiary alicyclic amines) is 1. The number of nitrogens with zero attached hydrogens (tertiary/aromatic N) is 2. The molecule has 2 aliphatic heterocycles. The second-order valence-electron chi connectivity index (χ2n) is 7.67. The van der Waals surface area contributed by atoms with Crippen LogP contribution in [0.15, 0.2) is 59.2 Å². The van der Waals surface area contributed by atoms with E-state index in [0.717, 1.165) is 17.1 Å². The van der Waals surface area contributed by atoms with Crippen molar-refractivity contribution in [3.8, 4) is 5.69 Å². The molecule has 2 amide bonds. The number of aromatic nitrogens is 1. The number of rotatable bonds is 1. The number of halogens is 3. The standard InChI is InChI=1S/C22H19BrF2N4O/c23-14-3-5-17(16(25)12-14)26-21(30)28-10-7-22(8-11-28)20-2-1-9-29(20)19-6-4-15(24)13-18(19)27-22/h1-6,9,12-13,27H,7-8,10-11H2,(H,26,30). The van der Waals surface area contributed by atoms with E-state index in [1.54, 1.807) is 17.0 Å². The second kappa shape index (κ2) is 7.12. The summed E-state index contributed by atoms with van der Waals surface area (Å²) in [5.41, 5.74) is 2.52. The third kappa shape index (κ3) is 3.15. The van der Waals surface area contributed by atoms with Gasteiger partial charge in [0.05, 0.1) is 22.6 Å². The summed E-state index contributed by atoms with van der Waals surface area (Å²) in [6.45, 7) is 0.986. The average Bonchev–Trinajstić information content (AvgIpc) is 3.22. The molecular weight excluding hydrogens is 454 g/mol. The Morgan fingerprint density at radius 2 is 1.90 bits per heavy atom. The lowest BCUT2D eigenvalue weighted by molar-refractivity contribution is 0.174. The summed E-state index contributed by atoms with van der Waals surface area (Å²) >= 11 is 3.21. The number of amides is 2. The van der Waals surface area contributed by atoms with Crippen molar-refractivity contribution in [1.82, 2.24) is 9.47 Å². The van der Waals surface area contributed by atoms with Crippen molar-refractivity contribution in [1.29, 1.82) is 0 Å². The van der Waals surface area contributed by atoms with Gasteiger partial charge in [0, 0.05) is 29.5 Å². The van der Waals surface area contributed by atoms with Crippen LogP contribution in [-0.4, -0.2) is 28.6 Å². The molecule has 1 saturated heterocycles. The molecule has 0 bridgehead atoms. The quantitative estimate of drug-likeness (QED) is 0.493. The molecular formula is C22H19BrF2N4O. The van der Waals surface area contributed by atoms with Crippen molar-refractivity contribution >= 4 is 33.3 Å². The number of nitrogens with one attached hydrogen (secondary N) is 2. The zero-order valence-corrected chi connectivity index (χ0v) is 17.5. The van der Waals surface area contributed by atoms with Crippen molar-refractivity contribution in [3.05, 3.63) is 76.5 Å². The summed E-state index contributed by atoms with van der Waals surface area (Å²) in [6.07, 6.45) is 3.29. The normalized spacial score (nSPS) is 16.6. The van der Waals surface area contributed by atoms with Gasteiger partial charge >= 0.3 is 6.03 Å². The van der Waals surface area contributed by atoms with E-state index in [0.29, 0.717) is 30.4 Å². The molecule has 1 fully saturated rings. The Hall–Kier alpha value is -2.87. The molecule has 5 rings (SSSR count). The Kier molecular flexibility index (Phi) is 4.54. The summed E-state index contributed by atoms with van der Waals surface area (Å²) < 4.78 is 30.6. The van der Waals surface area contributed by atoms with E-state index in [1.807, 2.05) is 12.3 Å². The van der Waals surface area contributed by atoms with Gasteiger partial charge in [-0.2, -0.15) is 0 Å². The fourth-order valence-electron chi connectivity index (χ4n) is 4.38. The van der Waals surface area contributed by atoms with Crippen LogP contribution in [0.2, 0.25) is 0 Å². The van der Waals surface area contributed by atoms with Crippen molar-refractivity contribution in [3.63, 3.8) is 0 Å². The van der Waals surface area contributed by atoms with Crippen molar-refractivity contribution in [2.75, 3.05) is 23.7 Å². The Bertz CT molecular complexity index is 1140. The van der Waals surface area contributed by atoms with E-state index in [-0.39, 0.29) is 23.1 Å². The monoisotopic (exact) mass is 472 g/mol. The number of benzene rings is 2. The smallest absolute Gasteiger partial charge is 0.321 e. The second-order valence-corrected chi connectivity index (χ2v) is 8.59. The van der Waals surface area contributed by atoms with Crippen LogP contribution < -0.4 is 10.6 Å². The van der Waals surface area contributed by atoms with E-state index in [2.05, 4.69) is 37.2 Å². The van der Waals surface area contributed by atoms with E-state index in [4.69, 9.17) is 0 Å². The maximum Gasteiger partial charge on any atom is 0.321 e. The zero-order valence-electron chi connectivity index (χ0n) is 16.0. The molecule has 0 aliphatic carbocycles. The first-order valence-corrected chi connectivity index (χ1v) is 10.5. The molecule has 2 N–H and O–H groups in total. The topological polar surface area (TPSA) is 49.3 Å². The number of fused-ring (bicyclic) bond motifs is 4. The predicted octanol–water partition coefficient (Wildman–Crippen LogP) is 5.47. The van der Waals surface area contributed by atoms with Gasteiger partial charge in [-0.3, -0.25) is 0 Å². The lowest BCUT2D eigenvalue weighted by Crippen LogP contribution is -2.51. The highest BCUT2D eigenvalue weighted by Crippen LogP contribution is 2.43. The largest absolute Gasteiger partial charge is 0.372 e. The SMILES string of the molecule is O=C(Nc1ccc(Br)cc1F)N1CCC2(CC1)Nc1cc(F)ccc1-n1cccc12. The number of carbonyl (C=O) groups excluding carboxylic acids is 1. The Balaban J connectivity index is 1.35. The molecule has 2 aliphatic rings. The van der Waals surface area contributed by atoms with Crippen molar-refractivity contribution in [2.45, 2.75) is 18.4 Å². The summed E-state index contributed by atoms with van der Waals surface area (Å²) in [5, 5.41) is 6.19. The lowest BCUT2D eigenvalue weighted by Gasteiger charge is -2.46. The van der Waals surface area contributed by atoms with Gasteiger partial charge < -0.3 is 20.1 Å². The molecule has 8 heteroatoms. The Morgan fingerprint density at radius 3 is 2.67 bits per heavy atom. The van der Waals surface area contributed by atoms with Gasteiger partial charge in [0.15, 0.2) is 0 Å². The maximum absolute atomic E-state index is 14.1. The fraction of sp³-hybridized carbons (Fsp3) is 0.227. The Labute approximate surface area is 180 Å². The summed E-state index contributed by atoms with van der Waals surface area (Å²) in [6, 6.07) is 13.0. The molecule has 5 nitrogen and oxygen atoms in total. The minimum Gasteiger partial charge on any atom is -0.372 e. The van der Waals surface area contributed by atoms with Crippen LogP contribution >= 0.6 is 15.9 Å². The molecule has 0 saturated carbocycles. The van der Waals surface area contributed by atoms with Crippen molar-refractivity contribution < 1.29 is 13.6 Å². The number of piperidine rings is 1. The van der Waals surface area contributed by atoms with Gasteiger partial charge in [0.1, 0.15) is 11.6 Å². The first kappa shape index (κ1) is 19.1. The molecule has 154 valence electrons. The summed E-state index contributed by atoms with van der Waals surface area (Å²) in [4.78, 5) is 14.4. The van der Waals surface area contributed by atoms with E-state index in [9.17, 15) is 13.6 Å². The Morgan fingerprint density at radius 1 is 1.10 bits per heavy atom.